The van der Waals surface area contributed by atoms with E-state index < -0.39 is 0 Å². The lowest BCUT2D eigenvalue weighted by atomic mass is 10.1. The first kappa shape index (κ1) is 22.3. The number of rotatable bonds is 6. The highest BCUT2D eigenvalue weighted by Gasteiger charge is 2.30. The van der Waals surface area contributed by atoms with Crippen molar-refractivity contribution in [2.45, 2.75) is 26.0 Å². The zero-order valence-electron chi connectivity index (χ0n) is 18.2. The molecule has 1 atom stereocenters. The van der Waals surface area contributed by atoms with Crippen molar-refractivity contribution in [1.82, 2.24) is 4.90 Å². The number of hydrogen-bond donors (Lipinski definition) is 1. The monoisotopic (exact) mass is 425 g/mol. The van der Waals surface area contributed by atoms with Gasteiger partial charge in [-0.3, -0.25) is 14.4 Å². The number of anilines is 2. The molecule has 0 spiro atoms. The van der Waals surface area contributed by atoms with Crippen LogP contribution in [0.2, 0.25) is 0 Å². The van der Waals surface area contributed by atoms with Gasteiger partial charge in [-0.2, -0.15) is 0 Å². The molecule has 164 valence electrons. The van der Waals surface area contributed by atoms with E-state index in [9.17, 15) is 14.4 Å². The number of methoxy groups -OCH3 is 2. The number of benzene rings is 2. The molecule has 0 fully saturated rings. The van der Waals surface area contributed by atoms with Gasteiger partial charge >= 0.3 is 0 Å². The Morgan fingerprint density at radius 1 is 1.19 bits per heavy atom. The molecular formula is C23H27N3O5. The lowest BCUT2D eigenvalue weighted by molar-refractivity contribution is -0.119. The average molecular weight is 425 g/mol. The van der Waals surface area contributed by atoms with Gasteiger partial charge in [0.15, 0.2) is 0 Å². The molecule has 2 aromatic carbocycles. The molecule has 0 unspecified atom stereocenters. The minimum Gasteiger partial charge on any atom is -0.496 e. The van der Waals surface area contributed by atoms with Crippen molar-refractivity contribution < 1.29 is 23.9 Å². The summed E-state index contributed by atoms with van der Waals surface area (Å²) in [6.07, 6.45) is 0.177. The topological polar surface area (TPSA) is 88.2 Å². The summed E-state index contributed by atoms with van der Waals surface area (Å²) in [7, 11) is 4.69. The highest BCUT2D eigenvalue weighted by molar-refractivity contribution is 6.06. The number of nitrogens with one attached hydrogen (secondary N) is 1. The van der Waals surface area contributed by atoms with Crippen LogP contribution in [0.15, 0.2) is 42.5 Å². The number of carbonyl (C=O) groups is 3. The van der Waals surface area contributed by atoms with E-state index in [1.807, 2.05) is 13.0 Å². The molecular weight excluding hydrogens is 398 g/mol. The van der Waals surface area contributed by atoms with Gasteiger partial charge in [0, 0.05) is 37.7 Å². The summed E-state index contributed by atoms with van der Waals surface area (Å²) < 4.78 is 10.5. The van der Waals surface area contributed by atoms with Crippen LogP contribution in [0.1, 0.15) is 29.3 Å². The lowest BCUT2D eigenvalue weighted by Crippen LogP contribution is -2.45. The number of hydrogen-bond acceptors (Lipinski definition) is 5. The number of ether oxygens (including phenoxy) is 2. The smallest absolute Gasteiger partial charge is 0.254 e. The van der Waals surface area contributed by atoms with Crippen LogP contribution in [0.5, 0.6) is 5.75 Å². The fourth-order valence-corrected chi connectivity index (χ4v) is 3.69. The molecule has 0 saturated carbocycles. The van der Waals surface area contributed by atoms with Crippen LogP contribution in [0.3, 0.4) is 0 Å². The van der Waals surface area contributed by atoms with Gasteiger partial charge in [0.25, 0.3) is 5.91 Å². The molecule has 8 nitrogen and oxygen atoms in total. The Labute approximate surface area is 181 Å². The largest absolute Gasteiger partial charge is 0.496 e. The maximum Gasteiger partial charge on any atom is 0.254 e. The number of likely N-dealkylation sites (N-methyl/N-ethyl adjacent to an activating group) is 1. The van der Waals surface area contributed by atoms with Gasteiger partial charge in [-0.25, -0.2) is 0 Å². The van der Waals surface area contributed by atoms with Crippen molar-refractivity contribution in [3.63, 3.8) is 0 Å². The van der Waals surface area contributed by atoms with E-state index in [1.54, 1.807) is 55.5 Å². The molecule has 2 aromatic rings. The average Bonchev–Trinajstić information content (AvgIpc) is 2.87. The third-order valence-electron chi connectivity index (χ3n) is 5.18. The van der Waals surface area contributed by atoms with E-state index in [-0.39, 0.29) is 36.7 Å². The zero-order chi connectivity index (χ0) is 22.5. The fraction of sp³-hybridized carbons (Fsp3) is 0.348. The van der Waals surface area contributed by atoms with Crippen molar-refractivity contribution in [1.29, 1.82) is 0 Å². The van der Waals surface area contributed by atoms with Crippen LogP contribution >= 0.6 is 0 Å². The van der Waals surface area contributed by atoms with E-state index in [0.29, 0.717) is 29.3 Å². The van der Waals surface area contributed by atoms with Crippen LogP contribution in [-0.2, 0) is 20.9 Å². The SMILES string of the molecule is COCc1ccc(C(=O)N(C)CC(=O)N2c3ccccc3NC(=O)C[C@@H]2C)cc1OC. The number of nitrogens with zero attached hydrogens (tertiary/aromatic N) is 2. The van der Waals surface area contributed by atoms with Gasteiger partial charge in [-0.1, -0.05) is 18.2 Å². The third-order valence-corrected chi connectivity index (χ3v) is 5.18. The molecule has 3 rings (SSSR count). The summed E-state index contributed by atoms with van der Waals surface area (Å²) in [5, 5.41) is 2.83. The standard InChI is InChI=1S/C23H27N3O5/c1-15-11-21(27)24-18-7-5-6-8-19(18)26(15)22(28)13-25(2)23(29)16-9-10-17(14-30-3)20(12-16)31-4/h5-10,12,15H,11,13-14H2,1-4H3,(H,24,27)/t15-/m0/s1. The predicted octanol–water partition coefficient (Wildman–Crippen LogP) is 2.68. The Kier molecular flexibility index (Phi) is 6.91. The van der Waals surface area contributed by atoms with Crippen molar-refractivity contribution in [2.24, 2.45) is 0 Å². The maximum absolute atomic E-state index is 13.2. The molecule has 0 bridgehead atoms. The zero-order valence-corrected chi connectivity index (χ0v) is 18.2. The molecule has 1 N–H and O–H groups in total. The van der Waals surface area contributed by atoms with Gasteiger partial charge < -0.3 is 24.6 Å². The van der Waals surface area contributed by atoms with E-state index >= 15 is 0 Å². The summed E-state index contributed by atoms with van der Waals surface area (Å²) >= 11 is 0. The van der Waals surface area contributed by atoms with Gasteiger partial charge in [-0.05, 0) is 31.2 Å². The first-order valence-electron chi connectivity index (χ1n) is 9.98. The Hall–Kier alpha value is -3.39. The van der Waals surface area contributed by atoms with Crippen LogP contribution in [0, 0.1) is 0 Å². The summed E-state index contributed by atoms with van der Waals surface area (Å²) in [5.41, 5.74) is 2.44. The van der Waals surface area contributed by atoms with Crippen LogP contribution < -0.4 is 15.0 Å². The molecule has 1 aliphatic heterocycles. The summed E-state index contributed by atoms with van der Waals surface area (Å²) in [4.78, 5) is 41.2. The van der Waals surface area contributed by atoms with E-state index in [2.05, 4.69) is 5.32 Å². The normalized spacial score (nSPS) is 15.5. The molecule has 1 aliphatic rings. The molecule has 8 heteroatoms. The quantitative estimate of drug-likeness (QED) is 0.769. The first-order chi connectivity index (χ1) is 14.8. The van der Waals surface area contributed by atoms with Gasteiger partial charge in [0.2, 0.25) is 11.8 Å². The minimum atomic E-state index is -0.340. The second kappa shape index (κ2) is 9.61. The lowest BCUT2D eigenvalue weighted by Gasteiger charge is -2.29. The Morgan fingerprint density at radius 2 is 1.94 bits per heavy atom. The van der Waals surface area contributed by atoms with Crippen LogP contribution in [0.25, 0.3) is 0 Å². The second-order valence-corrected chi connectivity index (χ2v) is 7.50. The summed E-state index contributed by atoms with van der Waals surface area (Å²) in [6.45, 7) is 2.06. The van der Waals surface area contributed by atoms with Gasteiger partial charge in [0.1, 0.15) is 12.3 Å². The van der Waals surface area contributed by atoms with Gasteiger partial charge in [-0.15, -0.1) is 0 Å². The number of para-hydroxylation sites is 2. The molecule has 3 amide bonds. The van der Waals surface area contributed by atoms with E-state index in [0.717, 1.165) is 5.56 Å². The fourth-order valence-electron chi connectivity index (χ4n) is 3.69. The molecule has 0 aromatic heterocycles. The Morgan fingerprint density at radius 3 is 2.65 bits per heavy atom. The molecule has 0 radical (unpaired) electrons. The first-order valence-corrected chi connectivity index (χ1v) is 9.98. The van der Waals surface area contributed by atoms with E-state index in [4.69, 9.17) is 9.47 Å². The highest BCUT2D eigenvalue weighted by atomic mass is 16.5. The maximum atomic E-state index is 13.2. The molecule has 1 heterocycles. The van der Waals surface area contributed by atoms with Crippen molar-refractivity contribution >= 4 is 29.1 Å². The van der Waals surface area contributed by atoms with Crippen LogP contribution in [-0.4, -0.2) is 56.5 Å². The highest BCUT2D eigenvalue weighted by Crippen LogP contribution is 2.31. The molecule has 0 aliphatic carbocycles. The number of fused-ring (bicyclic) bond motifs is 1. The number of amides is 3. The second-order valence-electron chi connectivity index (χ2n) is 7.50. The number of carbonyl (C=O) groups excluding carboxylic acids is 3. The van der Waals surface area contributed by atoms with E-state index in [1.165, 1.54) is 12.0 Å². The van der Waals surface area contributed by atoms with Crippen molar-refractivity contribution in [3.8, 4) is 5.75 Å². The third kappa shape index (κ3) is 4.86. The Bertz CT molecular complexity index is 991. The van der Waals surface area contributed by atoms with Crippen molar-refractivity contribution in [2.75, 3.05) is 38.0 Å². The summed E-state index contributed by atoms with van der Waals surface area (Å²) in [5.74, 6) is -0.175. The van der Waals surface area contributed by atoms with Crippen LogP contribution in [0.4, 0.5) is 11.4 Å². The minimum absolute atomic E-state index is 0.131. The van der Waals surface area contributed by atoms with Crippen molar-refractivity contribution in [3.05, 3.63) is 53.6 Å². The predicted molar refractivity (Wildman–Crippen MR) is 117 cm³/mol. The molecule has 31 heavy (non-hydrogen) atoms. The summed E-state index contributed by atoms with van der Waals surface area (Å²) in [6, 6.07) is 11.9. The van der Waals surface area contributed by atoms with Gasteiger partial charge in [0.05, 0.1) is 25.1 Å². The Balaban J connectivity index is 1.80. The molecule has 0 saturated heterocycles.